The summed E-state index contributed by atoms with van der Waals surface area (Å²) in [6.45, 7) is 5.40. The number of alkyl halides is 1. The molecule has 0 unspecified atom stereocenters. The van der Waals surface area contributed by atoms with Crippen LogP contribution in [0, 0.1) is 0 Å². The predicted molar refractivity (Wildman–Crippen MR) is 74.5 cm³/mol. The molecule has 0 aliphatic rings. The molecule has 0 aromatic carbocycles. The third-order valence-corrected chi connectivity index (χ3v) is 2.73. The highest BCUT2D eigenvalue weighted by Gasteiger charge is 1.91. The van der Waals surface area contributed by atoms with Gasteiger partial charge in [-0.25, -0.2) is 0 Å². The normalized spacial score (nSPS) is 10.9. The Labute approximate surface area is 113 Å². The first kappa shape index (κ1) is 16.6. The van der Waals surface area contributed by atoms with E-state index in [1.807, 2.05) is 0 Å². The molecule has 16 heavy (non-hydrogen) atoms. The number of ether oxygens (including phenoxy) is 3. The van der Waals surface area contributed by atoms with E-state index < -0.39 is 0 Å². The van der Waals surface area contributed by atoms with Crippen LogP contribution in [-0.4, -0.2) is 57.7 Å². The molecule has 0 rings (SSSR count). The molecule has 0 aromatic heterocycles. The largest absolute Gasteiger partial charge is 0.382 e. The van der Waals surface area contributed by atoms with Gasteiger partial charge in [0.05, 0.1) is 33.0 Å². The third kappa shape index (κ3) is 14.6. The number of hydrogen-bond donors (Lipinski definition) is 1. The fourth-order valence-electron chi connectivity index (χ4n) is 1.08. The first-order valence-corrected chi connectivity index (χ1v) is 7.35. The van der Waals surface area contributed by atoms with Crippen molar-refractivity contribution in [2.75, 3.05) is 57.7 Å². The number of methoxy groups -OCH3 is 1. The quantitative estimate of drug-likeness (QED) is 0.312. The summed E-state index contributed by atoms with van der Waals surface area (Å²) in [7, 11) is 1.67. The van der Waals surface area contributed by atoms with Crippen molar-refractivity contribution in [3.63, 3.8) is 0 Å². The standard InChI is InChI=1S/C11H24INO3/c1-14-8-9-16-11-10-15-7-6-13-5-3-2-4-12/h13H,2-11H2,1H3. The van der Waals surface area contributed by atoms with E-state index in [9.17, 15) is 0 Å². The second-order valence-electron chi connectivity index (χ2n) is 3.36. The molecule has 0 spiro atoms. The molecule has 0 aliphatic heterocycles. The molecule has 0 bridgehead atoms. The summed E-state index contributed by atoms with van der Waals surface area (Å²) in [5, 5.41) is 3.34. The highest BCUT2D eigenvalue weighted by molar-refractivity contribution is 14.1. The van der Waals surface area contributed by atoms with Crippen LogP contribution in [0.4, 0.5) is 0 Å². The van der Waals surface area contributed by atoms with Crippen LogP contribution in [-0.2, 0) is 14.2 Å². The van der Waals surface area contributed by atoms with E-state index in [2.05, 4.69) is 27.9 Å². The molecule has 0 atom stereocenters. The molecule has 0 heterocycles. The first-order valence-electron chi connectivity index (χ1n) is 5.83. The Bertz CT molecular complexity index is 114. The zero-order valence-electron chi connectivity index (χ0n) is 10.2. The zero-order valence-corrected chi connectivity index (χ0v) is 12.3. The second-order valence-corrected chi connectivity index (χ2v) is 4.44. The van der Waals surface area contributed by atoms with E-state index in [0.29, 0.717) is 26.4 Å². The molecule has 0 saturated carbocycles. The minimum Gasteiger partial charge on any atom is -0.382 e. The van der Waals surface area contributed by atoms with Gasteiger partial charge in [-0.15, -0.1) is 0 Å². The smallest absolute Gasteiger partial charge is 0.0701 e. The maximum absolute atomic E-state index is 5.39. The minimum atomic E-state index is 0.647. The van der Waals surface area contributed by atoms with E-state index in [-0.39, 0.29) is 0 Å². The van der Waals surface area contributed by atoms with E-state index in [0.717, 1.165) is 19.7 Å². The van der Waals surface area contributed by atoms with Gasteiger partial charge in [0.1, 0.15) is 0 Å². The van der Waals surface area contributed by atoms with Gasteiger partial charge in [0.25, 0.3) is 0 Å². The van der Waals surface area contributed by atoms with Crippen LogP contribution in [0.5, 0.6) is 0 Å². The number of nitrogens with one attached hydrogen (secondary N) is 1. The SMILES string of the molecule is COCCOCCOCCNCCCCI. The Morgan fingerprint density at radius 3 is 2.25 bits per heavy atom. The highest BCUT2D eigenvalue weighted by Crippen LogP contribution is 1.91. The molecule has 98 valence electrons. The molecule has 0 radical (unpaired) electrons. The highest BCUT2D eigenvalue weighted by atomic mass is 127. The Morgan fingerprint density at radius 1 is 0.875 bits per heavy atom. The van der Waals surface area contributed by atoms with Crippen molar-refractivity contribution in [3.8, 4) is 0 Å². The van der Waals surface area contributed by atoms with Gasteiger partial charge in [-0.3, -0.25) is 0 Å². The summed E-state index contributed by atoms with van der Waals surface area (Å²) in [5.41, 5.74) is 0. The minimum absolute atomic E-state index is 0.647. The van der Waals surface area contributed by atoms with E-state index in [1.165, 1.54) is 17.3 Å². The van der Waals surface area contributed by atoms with Gasteiger partial charge < -0.3 is 19.5 Å². The van der Waals surface area contributed by atoms with Gasteiger partial charge in [-0.1, -0.05) is 22.6 Å². The van der Waals surface area contributed by atoms with Crippen molar-refractivity contribution in [1.29, 1.82) is 0 Å². The average Bonchev–Trinajstić information content (AvgIpc) is 2.31. The van der Waals surface area contributed by atoms with Crippen molar-refractivity contribution in [2.45, 2.75) is 12.8 Å². The summed E-state index contributed by atoms with van der Waals surface area (Å²) >= 11 is 2.41. The lowest BCUT2D eigenvalue weighted by atomic mass is 10.3. The summed E-state index contributed by atoms with van der Waals surface area (Å²) in [6.07, 6.45) is 2.55. The van der Waals surface area contributed by atoms with Crippen molar-refractivity contribution in [1.82, 2.24) is 5.32 Å². The fraction of sp³-hybridized carbons (Fsp3) is 1.00. The lowest BCUT2D eigenvalue weighted by Crippen LogP contribution is -2.21. The third-order valence-electron chi connectivity index (χ3n) is 1.96. The monoisotopic (exact) mass is 345 g/mol. The lowest BCUT2D eigenvalue weighted by molar-refractivity contribution is 0.0256. The average molecular weight is 345 g/mol. The van der Waals surface area contributed by atoms with E-state index in [4.69, 9.17) is 14.2 Å². The van der Waals surface area contributed by atoms with Gasteiger partial charge in [-0.2, -0.15) is 0 Å². The summed E-state index contributed by atoms with van der Waals surface area (Å²) < 4.78 is 16.8. The lowest BCUT2D eigenvalue weighted by Gasteiger charge is -2.06. The van der Waals surface area contributed by atoms with Gasteiger partial charge in [0, 0.05) is 13.7 Å². The topological polar surface area (TPSA) is 39.7 Å². The van der Waals surface area contributed by atoms with Crippen molar-refractivity contribution in [3.05, 3.63) is 0 Å². The molecule has 0 saturated heterocycles. The Kier molecular flexibility index (Phi) is 16.1. The Hall–Kier alpha value is 0.570. The number of rotatable bonds is 13. The van der Waals surface area contributed by atoms with Crippen LogP contribution in [0.3, 0.4) is 0 Å². The number of unbranched alkanes of at least 4 members (excludes halogenated alkanes) is 1. The summed E-state index contributed by atoms with van der Waals surface area (Å²) in [6, 6.07) is 0. The van der Waals surface area contributed by atoms with Crippen LogP contribution < -0.4 is 5.32 Å². The van der Waals surface area contributed by atoms with Crippen LogP contribution in [0.2, 0.25) is 0 Å². The van der Waals surface area contributed by atoms with Gasteiger partial charge >= 0.3 is 0 Å². The van der Waals surface area contributed by atoms with Crippen molar-refractivity contribution in [2.24, 2.45) is 0 Å². The molecule has 5 heteroatoms. The first-order chi connectivity index (χ1) is 7.91. The number of hydrogen-bond acceptors (Lipinski definition) is 4. The van der Waals surface area contributed by atoms with Gasteiger partial charge in [0.2, 0.25) is 0 Å². The Balaban J connectivity index is 2.83. The maximum atomic E-state index is 5.39. The zero-order chi connectivity index (χ0) is 11.9. The van der Waals surface area contributed by atoms with Crippen molar-refractivity contribution >= 4 is 22.6 Å². The fourth-order valence-corrected chi connectivity index (χ4v) is 1.62. The molecular weight excluding hydrogens is 321 g/mol. The molecule has 1 N–H and O–H groups in total. The molecule has 0 fully saturated rings. The van der Waals surface area contributed by atoms with E-state index >= 15 is 0 Å². The Morgan fingerprint density at radius 2 is 1.56 bits per heavy atom. The van der Waals surface area contributed by atoms with Crippen molar-refractivity contribution < 1.29 is 14.2 Å². The maximum Gasteiger partial charge on any atom is 0.0701 e. The second kappa shape index (κ2) is 15.6. The van der Waals surface area contributed by atoms with Gasteiger partial charge in [-0.05, 0) is 23.8 Å². The molecule has 0 aromatic rings. The molecule has 0 amide bonds. The molecular formula is C11H24INO3. The summed E-state index contributed by atoms with van der Waals surface area (Å²) in [4.78, 5) is 0. The molecule has 4 nitrogen and oxygen atoms in total. The predicted octanol–water partition coefficient (Wildman–Crippen LogP) is 1.47. The van der Waals surface area contributed by atoms with E-state index in [1.54, 1.807) is 7.11 Å². The van der Waals surface area contributed by atoms with Gasteiger partial charge in [0.15, 0.2) is 0 Å². The van der Waals surface area contributed by atoms with Crippen LogP contribution in [0.25, 0.3) is 0 Å². The molecule has 0 aliphatic carbocycles. The van der Waals surface area contributed by atoms with Crippen LogP contribution in [0.1, 0.15) is 12.8 Å². The van der Waals surface area contributed by atoms with Crippen LogP contribution >= 0.6 is 22.6 Å². The number of halogens is 1. The van der Waals surface area contributed by atoms with Crippen LogP contribution in [0.15, 0.2) is 0 Å². The summed E-state index contributed by atoms with van der Waals surface area (Å²) in [5.74, 6) is 0.